The number of morpholine rings is 1. The van der Waals surface area contributed by atoms with Crippen molar-refractivity contribution in [2.75, 3.05) is 31.2 Å². The summed E-state index contributed by atoms with van der Waals surface area (Å²) in [5.41, 5.74) is 0. The quantitative estimate of drug-likeness (QED) is 0.396. The fourth-order valence-corrected chi connectivity index (χ4v) is 1.18. The van der Waals surface area contributed by atoms with Gasteiger partial charge in [0.2, 0.25) is 5.95 Å². The van der Waals surface area contributed by atoms with E-state index in [4.69, 9.17) is 4.74 Å². The zero-order valence-electron chi connectivity index (χ0n) is 7.82. The number of hydrogen-bond donors (Lipinski definition) is 0. The monoisotopic (exact) mass is 267 g/mol. The first-order valence-corrected chi connectivity index (χ1v) is 3.97. The Hall–Kier alpha value is 0.0862. The van der Waals surface area contributed by atoms with E-state index in [1.807, 2.05) is 0 Å². The minimum Gasteiger partial charge on any atom is -1.00 e. The third-order valence-electron chi connectivity index (χ3n) is 1.80. The Bertz CT molecular complexity index is 244. The molecule has 0 unspecified atom stereocenters. The van der Waals surface area contributed by atoms with E-state index in [0.717, 1.165) is 32.3 Å². The van der Waals surface area contributed by atoms with E-state index >= 15 is 0 Å². The van der Waals surface area contributed by atoms with Crippen LogP contribution in [-0.4, -0.2) is 59.3 Å². The molecule has 1 aliphatic rings. The van der Waals surface area contributed by atoms with Crippen LogP contribution in [0.25, 0.3) is 0 Å². The van der Waals surface area contributed by atoms with Crippen molar-refractivity contribution in [2.24, 2.45) is 0 Å². The Morgan fingerprint density at radius 2 is 1.79 bits per heavy atom. The first kappa shape index (κ1) is 14.1. The summed E-state index contributed by atoms with van der Waals surface area (Å²) >= 11 is 0. The molecule has 1 fully saturated rings. The van der Waals surface area contributed by atoms with E-state index in [9.17, 15) is 0 Å². The molecule has 14 heavy (non-hydrogen) atoms. The van der Waals surface area contributed by atoms with Crippen molar-refractivity contribution in [2.45, 2.75) is 0 Å². The van der Waals surface area contributed by atoms with Gasteiger partial charge in [-0.2, -0.15) is 0 Å². The molecule has 0 radical (unpaired) electrons. The minimum absolute atomic E-state index is 0. The van der Waals surface area contributed by atoms with Gasteiger partial charge in [-0.05, 0) is 0 Å². The summed E-state index contributed by atoms with van der Waals surface area (Å²) in [5, 5.41) is 0. The fourth-order valence-electron chi connectivity index (χ4n) is 1.18. The predicted molar refractivity (Wildman–Crippen MR) is 49.7 cm³/mol. The van der Waals surface area contributed by atoms with Crippen LogP contribution in [-0.2, 0) is 4.74 Å². The van der Waals surface area contributed by atoms with Crippen molar-refractivity contribution in [3.05, 3.63) is 18.5 Å². The molecule has 0 bridgehead atoms. The zero-order chi connectivity index (χ0) is 8.23. The average Bonchev–Trinajstić information content (AvgIpc) is 2.21. The molecule has 1 aromatic heterocycles. The van der Waals surface area contributed by atoms with Gasteiger partial charge in [-0.1, -0.05) is 0 Å². The van der Waals surface area contributed by atoms with E-state index in [1.54, 1.807) is 12.4 Å². The van der Waals surface area contributed by atoms with E-state index in [2.05, 4.69) is 20.9 Å². The van der Waals surface area contributed by atoms with Gasteiger partial charge >= 0.3 is 23.1 Å². The largest absolute Gasteiger partial charge is 2.00 e. The molecule has 4 nitrogen and oxygen atoms in total. The normalized spacial score (nSPS) is 15.3. The molecule has 2 rings (SSSR count). The molecule has 1 aromatic rings. The van der Waals surface area contributed by atoms with Gasteiger partial charge in [0, 0.05) is 13.1 Å². The van der Waals surface area contributed by atoms with Crippen LogP contribution in [0.3, 0.4) is 0 Å². The Morgan fingerprint density at radius 1 is 1.21 bits per heavy atom. The maximum atomic E-state index is 5.22. The summed E-state index contributed by atoms with van der Waals surface area (Å²) in [6.45, 7) is 3.29. The molecule has 0 amide bonds. The number of aromatic nitrogens is 2. The topological polar surface area (TPSA) is 38.2 Å². The van der Waals surface area contributed by atoms with Crippen LogP contribution in [0.5, 0.6) is 0 Å². The van der Waals surface area contributed by atoms with Gasteiger partial charge < -0.3 is 32.7 Å². The van der Waals surface area contributed by atoms with Crippen LogP contribution < -0.4 is 21.9 Å². The van der Waals surface area contributed by atoms with Gasteiger partial charge in [0.25, 0.3) is 0 Å². The van der Waals surface area contributed by atoms with E-state index < -0.39 is 0 Å². The maximum Gasteiger partial charge on any atom is 2.00 e. The maximum absolute atomic E-state index is 5.22. The molecular formula is C8H10BrMgN3O. The van der Waals surface area contributed by atoms with Gasteiger partial charge in [0.05, 0.1) is 13.2 Å². The molecule has 0 aromatic carbocycles. The van der Waals surface area contributed by atoms with Crippen molar-refractivity contribution in [3.63, 3.8) is 0 Å². The van der Waals surface area contributed by atoms with Crippen molar-refractivity contribution < 1.29 is 21.7 Å². The number of nitrogens with zero attached hydrogens (tertiary/aromatic N) is 3. The van der Waals surface area contributed by atoms with Gasteiger partial charge in [0.15, 0.2) is 0 Å². The molecule has 0 spiro atoms. The van der Waals surface area contributed by atoms with E-state index in [-0.39, 0.29) is 40.0 Å². The molecule has 0 atom stereocenters. The Labute approximate surface area is 110 Å². The Morgan fingerprint density at radius 3 is 2.36 bits per heavy atom. The number of hydrogen-bond acceptors (Lipinski definition) is 4. The van der Waals surface area contributed by atoms with E-state index in [1.165, 1.54) is 0 Å². The molecular weight excluding hydrogens is 258 g/mol. The molecule has 2 heterocycles. The van der Waals surface area contributed by atoms with Gasteiger partial charge in [-0.15, -0.1) is 12.4 Å². The number of anilines is 1. The molecule has 1 aliphatic heterocycles. The number of rotatable bonds is 1. The van der Waals surface area contributed by atoms with Crippen molar-refractivity contribution >= 4 is 29.0 Å². The van der Waals surface area contributed by atoms with E-state index in [0.29, 0.717) is 0 Å². The fraction of sp³-hybridized carbons (Fsp3) is 0.500. The molecule has 0 aliphatic carbocycles. The second-order valence-electron chi connectivity index (χ2n) is 2.58. The van der Waals surface area contributed by atoms with Crippen LogP contribution >= 0.6 is 0 Å². The first-order valence-electron chi connectivity index (χ1n) is 3.97. The summed E-state index contributed by atoms with van der Waals surface area (Å²) in [7, 11) is 0. The van der Waals surface area contributed by atoms with Crippen molar-refractivity contribution in [1.29, 1.82) is 0 Å². The summed E-state index contributed by atoms with van der Waals surface area (Å²) in [6, 6.07) is 2.79. The number of halogens is 1. The van der Waals surface area contributed by atoms with Crippen LogP contribution in [0.2, 0.25) is 0 Å². The third-order valence-corrected chi connectivity index (χ3v) is 1.80. The first-order chi connectivity index (χ1) is 5.97. The van der Waals surface area contributed by atoms with Gasteiger partial charge in [-0.25, -0.2) is 0 Å². The summed E-state index contributed by atoms with van der Waals surface area (Å²) in [6.07, 6.45) is 3.27. The molecule has 0 N–H and O–H groups in total. The van der Waals surface area contributed by atoms with Crippen LogP contribution in [0.4, 0.5) is 5.95 Å². The third kappa shape index (κ3) is 3.68. The van der Waals surface area contributed by atoms with Crippen molar-refractivity contribution in [1.82, 2.24) is 9.97 Å². The summed E-state index contributed by atoms with van der Waals surface area (Å²) in [5.74, 6) is 0.775. The van der Waals surface area contributed by atoms with Crippen LogP contribution in [0, 0.1) is 6.07 Å². The number of ether oxygens (including phenoxy) is 1. The smallest absolute Gasteiger partial charge is 1.00 e. The Balaban J connectivity index is 0.000000845. The van der Waals surface area contributed by atoms with Crippen LogP contribution in [0.15, 0.2) is 12.4 Å². The second-order valence-corrected chi connectivity index (χ2v) is 2.58. The molecule has 72 valence electrons. The minimum atomic E-state index is 0. The predicted octanol–water partition coefficient (Wildman–Crippen LogP) is -3.26. The average molecular weight is 268 g/mol. The standard InChI is InChI=1S/C8H10N3O.BrH.Mg/c1-2-9-8(10-3-1)11-4-6-12-7-5-11;;/h2-3H,4-7H2;1H;/q-1;;+2/p-1. The summed E-state index contributed by atoms with van der Waals surface area (Å²) < 4.78 is 5.22. The molecule has 1 saturated heterocycles. The van der Waals surface area contributed by atoms with Gasteiger partial charge in [0.1, 0.15) is 0 Å². The van der Waals surface area contributed by atoms with Crippen molar-refractivity contribution in [3.8, 4) is 0 Å². The zero-order valence-corrected chi connectivity index (χ0v) is 10.8. The summed E-state index contributed by atoms with van der Waals surface area (Å²) in [4.78, 5) is 10.3. The SMILES string of the molecule is [Br-].[Mg+2].[c-]1cnc(N2CCOCC2)nc1. The molecule has 6 heteroatoms. The molecule has 0 saturated carbocycles. The van der Waals surface area contributed by atoms with Crippen LogP contribution in [0.1, 0.15) is 0 Å². The Kier molecular flexibility index (Phi) is 7.43. The second kappa shape index (κ2) is 7.39. The van der Waals surface area contributed by atoms with Gasteiger partial charge in [-0.3, -0.25) is 9.97 Å².